The van der Waals surface area contributed by atoms with Crippen molar-refractivity contribution in [3.63, 3.8) is 0 Å². The van der Waals surface area contributed by atoms with Crippen LogP contribution in [0.15, 0.2) is 48.5 Å². The predicted octanol–water partition coefficient (Wildman–Crippen LogP) is 4.83. The van der Waals surface area contributed by atoms with Gasteiger partial charge in [0, 0.05) is 16.5 Å². The number of aromatic nitrogens is 1. The van der Waals surface area contributed by atoms with Crippen molar-refractivity contribution in [2.75, 3.05) is 0 Å². The zero-order valence-corrected chi connectivity index (χ0v) is 13.0. The molecule has 0 atom stereocenters. The second-order valence-electron chi connectivity index (χ2n) is 6.55. The maximum atomic E-state index is 11.6. The predicted molar refractivity (Wildman–Crippen MR) is 89.4 cm³/mol. The van der Waals surface area contributed by atoms with Gasteiger partial charge in [-0.2, -0.15) is 0 Å². The molecule has 0 unspecified atom stereocenters. The lowest BCUT2D eigenvalue weighted by Crippen LogP contribution is -2.10. The Morgan fingerprint density at radius 2 is 1.64 bits per heavy atom. The van der Waals surface area contributed by atoms with E-state index in [0.717, 1.165) is 22.0 Å². The van der Waals surface area contributed by atoms with Crippen LogP contribution in [0.4, 0.5) is 0 Å². The highest BCUT2D eigenvalue weighted by atomic mass is 16.4. The molecule has 0 aliphatic rings. The van der Waals surface area contributed by atoms with Gasteiger partial charge < -0.3 is 10.1 Å². The zero-order valence-electron chi connectivity index (χ0n) is 13.0. The van der Waals surface area contributed by atoms with Crippen LogP contribution in [-0.4, -0.2) is 16.1 Å². The number of carboxylic acids is 1. The second-order valence-corrected chi connectivity index (χ2v) is 6.55. The van der Waals surface area contributed by atoms with Crippen molar-refractivity contribution in [1.82, 2.24) is 4.98 Å². The van der Waals surface area contributed by atoms with Crippen LogP contribution >= 0.6 is 0 Å². The number of hydrogen-bond donors (Lipinski definition) is 2. The van der Waals surface area contributed by atoms with Crippen molar-refractivity contribution in [1.29, 1.82) is 0 Å². The minimum atomic E-state index is -0.939. The van der Waals surface area contributed by atoms with Gasteiger partial charge in [-0.3, -0.25) is 0 Å². The molecule has 0 saturated heterocycles. The van der Waals surface area contributed by atoms with Gasteiger partial charge in [0.2, 0.25) is 0 Å². The Morgan fingerprint density at radius 3 is 2.23 bits per heavy atom. The number of aromatic carboxylic acids is 1. The van der Waals surface area contributed by atoms with E-state index in [1.54, 1.807) is 0 Å². The molecular weight excluding hydrogens is 274 g/mol. The lowest BCUT2D eigenvalue weighted by atomic mass is 9.86. The van der Waals surface area contributed by atoms with Gasteiger partial charge in [-0.25, -0.2) is 4.79 Å². The number of carbonyl (C=O) groups is 1. The van der Waals surface area contributed by atoms with Crippen LogP contribution in [0.1, 0.15) is 36.8 Å². The van der Waals surface area contributed by atoms with E-state index < -0.39 is 5.97 Å². The molecule has 0 spiro atoms. The maximum absolute atomic E-state index is 11.6. The van der Waals surface area contributed by atoms with E-state index in [1.807, 2.05) is 36.4 Å². The molecule has 3 nitrogen and oxygen atoms in total. The molecule has 112 valence electrons. The number of nitrogens with one attached hydrogen (secondary N) is 1. The summed E-state index contributed by atoms with van der Waals surface area (Å²) in [7, 11) is 0. The highest BCUT2D eigenvalue weighted by Crippen LogP contribution is 2.33. The summed E-state index contributed by atoms with van der Waals surface area (Å²) in [6, 6.07) is 15.8. The first-order chi connectivity index (χ1) is 10.4. The van der Waals surface area contributed by atoms with Crippen molar-refractivity contribution in [3.8, 4) is 11.1 Å². The number of carboxylic acid groups (broad SMARTS) is 1. The van der Waals surface area contributed by atoms with Crippen molar-refractivity contribution in [3.05, 3.63) is 59.8 Å². The third-order valence-corrected chi connectivity index (χ3v) is 3.96. The highest BCUT2D eigenvalue weighted by molar-refractivity contribution is 6.07. The molecule has 0 saturated carbocycles. The quantitative estimate of drug-likeness (QED) is 0.711. The molecule has 2 N–H and O–H groups in total. The summed E-state index contributed by atoms with van der Waals surface area (Å²) in [4.78, 5) is 14.6. The maximum Gasteiger partial charge on any atom is 0.352 e. The number of fused-ring (bicyclic) bond motifs is 1. The van der Waals surface area contributed by atoms with Crippen molar-refractivity contribution < 1.29 is 9.90 Å². The zero-order chi connectivity index (χ0) is 15.9. The van der Waals surface area contributed by atoms with Crippen molar-refractivity contribution in [2.24, 2.45) is 0 Å². The molecule has 22 heavy (non-hydrogen) atoms. The minimum absolute atomic E-state index is 0.0778. The Labute approximate surface area is 129 Å². The molecule has 0 aliphatic heterocycles. The van der Waals surface area contributed by atoms with Crippen LogP contribution in [0.5, 0.6) is 0 Å². The topological polar surface area (TPSA) is 53.1 Å². The number of hydrogen-bond acceptors (Lipinski definition) is 1. The number of H-pyrrole nitrogens is 1. The normalized spacial score (nSPS) is 11.8. The van der Waals surface area contributed by atoms with Crippen molar-refractivity contribution in [2.45, 2.75) is 26.2 Å². The summed E-state index contributed by atoms with van der Waals surface area (Å²) in [6.07, 6.45) is 0. The summed E-state index contributed by atoms with van der Waals surface area (Å²) in [6.45, 7) is 6.49. The van der Waals surface area contributed by atoms with Crippen LogP contribution in [0.3, 0.4) is 0 Å². The lowest BCUT2D eigenvalue weighted by molar-refractivity contribution is 0.0692. The molecule has 2 aromatic carbocycles. The largest absolute Gasteiger partial charge is 0.477 e. The van der Waals surface area contributed by atoms with Crippen LogP contribution in [-0.2, 0) is 5.41 Å². The van der Waals surface area contributed by atoms with Gasteiger partial charge in [0.05, 0.1) is 0 Å². The Hall–Kier alpha value is -2.55. The first-order valence-corrected chi connectivity index (χ1v) is 7.33. The summed E-state index contributed by atoms with van der Waals surface area (Å²) in [5, 5.41) is 10.4. The Morgan fingerprint density at radius 1 is 1.00 bits per heavy atom. The smallest absolute Gasteiger partial charge is 0.352 e. The third-order valence-electron chi connectivity index (χ3n) is 3.96. The summed E-state index contributed by atoms with van der Waals surface area (Å²) in [5.74, 6) is -0.939. The van der Waals surface area contributed by atoms with Crippen molar-refractivity contribution >= 4 is 16.9 Å². The average Bonchev–Trinajstić information content (AvgIpc) is 2.86. The Bertz CT molecular complexity index is 836. The fraction of sp³-hybridized carbons (Fsp3) is 0.211. The van der Waals surface area contributed by atoms with E-state index in [0.29, 0.717) is 0 Å². The molecule has 3 aromatic rings. The summed E-state index contributed by atoms with van der Waals surface area (Å²) in [5.41, 5.74) is 4.06. The van der Waals surface area contributed by atoms with Gasteiger partial charge in [0.25, 0.3) is 0 Å². The van der Waals surface area contributed by atoms with E-state index in [9.17, 15) is 9.90 Å². The van der Waals surface area contributed by atoms with Crippen LogP contribution < -0.4 is 0 Å². The molecule has 0 amide bonds. The van der Waals surface area contributed by atoms with E-state index >= 15 is 0 Å². The fourth-order valence-electron chi connectivity index (χ4n) is 2.74. The minimum Gasteiger partial charge on any atom is -0.477 e. The molecular formula is C19H19NO2. The van der Waals surface area contributed by atoms with E-state index in [1.165, 1.54) is 5.56 Å². The second kappa shape index (κ2) is 5.02. The summed E-state index contributed by atoms with van der Waals surface area (Å²) < 4.78 is 0. The number of benzene rings is 2. The van der Waals surface area contributed by atoms with Gasteiger partial charge in [-0.05, 0) is 22.6 Å². The van der Waals surface area contributed by atoms with Gasteiger partial charge in [0.15, 0.2) is 0 Å². The van der Waals surface area contributed by atoms with E-state index in [4.69, 9.17) is 0 Å². The summed E-state index contributed by atoms with van der Waals surface area (Å²) >= 11 is 0. The average molecular weight is 293 g/mol. The molecule has 1 aromatic heterocycles. The highest BCUT2D eigenvalue weighted by Gasteiger charge is 2.19. The molecule has 0 radical (unpaired) electrons. The first kappa shape index (κ1) is 14.4. The standard InChI is InChI=1S/C19H19NO2/c1-19(2,3)13-10-8-12(9-11-13)16-14-6-4-5-7-15(14)20-17(16)18(21)22/h4-11,20H,1-3H3,(H,21,22). The van der Waals surface area contributed by atoms with E-state index in [-0.39, 0.29) is 11.1 Å². The molecule has 0 fully saturated rings. The fourth-order valence-corrected chi connectivity index (χ4v) is 2.74. The Kier molecular flexibility index (Phi) is 3.28. The van der Waals surface area contributed by atoms with Gasteiger partial charge in [-0.1, -0.05) is 63.2 Å². The number of aromatic amines is 1. The van der Waals surface area contributed by atoms with Crippen LogP contribution in [0.2, 0.25) is 0 Å². The number of rotatable bonds is 2. The monoisotopic (exact) mass is 293 g/mol. The Balaban J connectivity index is 2.21. The SMILES string of the molecule is CC(C)(C)c1ccc(-c2c(C(=O)O)[nH]c3ccccc23)cc1. The molecule has 0 aliphatic carbocycles. The van der Waals surface area contributed by atoms with Crippen LogP contribution in [0, 0.1) is 0 Å². The van der Waals surface area contributed by atoms with Gasteiger partial charge >= 0.3 is 5.97 Å². The number of para-hydroxylation sites is 1. The molecule has 3 heteroatoms. The molecule has 0 bridgehead atoms. The molecule has 1 heterocycles. The lowest BCUT2D eigenvalue weighted by Gasteiger charge is -2.19. The van der Waals surface area contributed by atoms with Crippen LogP contribution in [0.25, 0.3) is 22.0 Å². The van der Waals surface area contributed by atoms with Gasteiger partial charge in [-0.15, -0.1) is 0 Å². The molecule has 3 rings (SSSR count). The first-order valence-electron chi connectivity index (χ1n) is 7.33. The van der Waals surface area contributed by atoms with Gasteiger partial charge in [0.1, 0.15) is 5.69 Å². The van der Waals surface area contributed by atoms with E-state index in [2.05, 4.69) is 37.9 Å². The third kappa shape index (κ3) is 2.39.